The van der Waals surface area contributed by atoms with E-state index in [0.29, 0.717) is 18.7 Å². The Bertz CT molecular complexity index is 601. The van der Waals surface area contributed by atoms with Gasteiger partial charge in [-0.05, 0) is 19.9 Å². The third kappa shape index (κ3) is 5.38. The van der Waals surface area contributed by atoms with Gasteiger partial charge in [-0.15, -0.1) is 0 Å². The lowest BCUT2D eigenvalue weighted by molar-refractivity contribution is -0.385. The molecule has 0 aliphatic carbocycles. The van der Waals surface area contributed by atoms with Crippen LogP contribution in [-0.4, -0.2) is 44.2 Å². The third-order valence-electron chi connectivity index (χ3n) is 2.72. The van der Waals surface area contributed by atoms with E-state index in [2.05, 4.69) is 10.0 Å². The molecule has 0 aromatic heterocycles. The van der Waals surface area contributed by atoms with E-state index in [-0.39, 0.29) is 17.1 Å². The molecular formula is C12H19N3O5S. The van der Waals surface area contributed by atoms with Gasteiger partial charge in [0.2, 0.25) is 10.0 Å². The minimum Gasteiger partial charge on any atom is -0.392 e. The smallest absolute Gasteiger partial charge is 0.273 e. The number of nitrogens with one attached hydrogen (secondary N) is 2. The maximum Gasteiger partial charge on any atom is 0.273 e. The number of sulfonamides is 1. The van der Waals surface area contributed by atoms with E-state index in [0.717, 1.165) is 6.07 Å². The predicted molar refractivity (Wildman–Crippen MR) is 77.6 cm³/mol. The van der Waals surface area contributed by atoms with Crippen molar-refractivity contribution < 1.29 is 18.4 Å². The van der Waals surface area contributed by atoms with Crippen LogP contribution in [-0.2, 0) is 10.0 Å². The Balaban J connectivity index is 2.70. The van der Waals surface area contributed by atoms with Gasteiger partial charge in [0, 0.05) is 31.3 Å². The molecule has 118 valence electrons. The number of nitrogens with zero attached hydrogens (tertiary/aromatic N) is 1. The molecule has 1 aromatic carbocycles. The van der Waals surface area contributed by atoms with Gasteiger partial charge in [0.05, 0.1) is 15.9 Å². The number of aliphatic hydroxyl groups excluding tert-OH is 1. The van der Waals surface area contributed by atoms with Crippen molar-refractivity contribution in [1.29, 1.82) is 0 Å². The molecule has 0 heterocycles. The van der Waals surface area contributed by atoms with Gasteiger partial charge in [-0.2, -0.15) is 0 Å². The summed E-state index contributed by atoms with van der Waals surface area (Å²) in [5, 5.41) is 22.7. The van der Waals surface area contributed by atoms with Crippen molar-refractivity contribution in [3.05, 3.63) is 33.9 Å². The summed E-state index contributed by atoms with van der Waals surface area (Å²) in [6, 6.07) is 3.77. The van der Waals surface area contributed by atoms with E-state index in [9.17, 15) is 18.5 Å². The summed E-state index contributed by atoms with van der Waals surface area (Å²) in [5.74, 6) is 0. The van der Waals surface area contributed by atoms with Gasteiger partial charge < -0.3 is 10.4 Å². The Hall–Kier alpha value is -1.55. The highest BCUT2D eigenvalue weighted by Gasteiger charge is 2.19. The zero-order chi connectivity index (χ0) is 16.0. The molecule has 0 aliphatic heterocycles. The van der Waals surface area contributed by atoms with Gasteiger partial charge in [0.15, 0.2) is 0 Å². The van der Waals surface area contributed by atoms with E-state index in [1.807, 2.05) is 0 Å². The van der Waals surface area contributed by atoms with Crippen molar-refractivity contribution in [2.24, 2.45) is 0 Å². The fraction of sp³-hybridized carbons (Fsp3) is 0.500. The molecule has 21 heavy (non-hydrogen) atoms. The number of hydrogen-bond donors (Lipinski definition) is 3. The predicted octanol–water partition coefficient (Wildman–Crippen LogP) is 0.152. The summed E-state index contributed by atoms with van der Waals surface area (Å²) in [4.78, 5) is 10.1. The molecule has 0 amide bonds. The molecular weight excluding hydrogens is 298 g/mol. The number of nitro groups is 1. The van der Waals surface area contributed by atoms with E-state index in [1.165, 1.54) is 12.1 Å². The summed E-state index contributed by atoms with van der Waals surface area (Å²) in [5.41, 5.74) is 0.169. The molecule has 3 N–H and O–H groups in total. The van der Waals surface area contributed by atoms with Crippen LogP contribution in [0.3, 0.4) is 0 Å². The summed E-state index contributed by atoms with van der Waals surface area (Å²) < 4.78 is 26.3. The second-order valence-electron chi connectivity index (χ2n) is 4.66. The van der Waals surface area contributed by atoms with Crippen molar-refractivity contribution >= 4 is 15.7 Å². The standard InChI is InChI=1S/C12H19N3O5S/c1-9-3-4-11(7-12(9)15(17)18)21(19,20)14-6-5-13-8-10(2)16/h3-4,7,10,13-14,16H,5-6,8H2,1-2H3. The molecule has 1 aromatic rings. The van der Waals surface area contributed by atoms with Crippen LogP contribution in [0.1, 0.15) is 12.5 Å². The Kier molecular flexibility index (Phi) is 6.21. The molecule has 1 unspecified atom stereocenters. The number of rotatable bonds is 8. The van der Waals surface area contributed by atoms with E-state index >= 15 is 0 Å². The fourth-order valence-electron chi connectivity index (χ4n) is 1.62. The van der Waals surface area contributed by atoms with Crippen LogP contribution in [0, 0.1) is 17.0 Å². The van der Waals surface area contributed by atoms with Crippen LogP contribution in [0.2, 0.25) is 0 Å². The number of benzene rings is 1. The van der Waals surface area contributed by atoms with Crippen LogP contribution in [0.4, 0.5) is 5.69 Å². The van der Waals surface area contributed by atoms with Gasteiger partial charge in [0.1, 0.15) is 0 Å². The topological polar surface area (TPSA) is 122 Å². The lowest BCUT2D eigenvalue weighted by atomic mass is 10.2. The SMILES string of the molecule is Cc1ccc(S(=O)(=O)NCCNCC(C)O)cc1[N+](=O)[O-]. The van der Waals surface area contributed by atoms with Crippen LogP contribution < -0.4 is 10.0 Å². The molecule has 0 fully saturated rings. The van der Waals surface area contributed by atoms with Crippen molar-refractivity contribution in [2.45, 2.75) is 24.8 Å². The van der Waals surface area contributed by atoms with Gasteiger partial charge in [-0.3, -0.25) is 10.1 Å². The molecule has 1 rings (SSSR count). The second kappa shape index (κ2) is 7.46. The zero-order valence-corrected chi connectivity index (χ0v) is 12.7. The van der Waals surface area contributed by atoms with E-state index in [1.54, 1.807) is 13.8 Å². The first-order valence-electron chi connectivity index (χ1n) is 6.37. The van der Waals surface area contributed by atoms with Crippen molar-refractivity contribution in [3.63, 3.8) is 0 Å². The Morgan fingerprint density at radius 2 is 2.05 bits per heavy atom. The van der Waals surface area contributed by atoms with Crippen molar-refractivity contribution in [2.75, 3.05) is 19.6 Å². The quantitative estimate of drug-likeness (QED) is 0.356. The number of hydrogen-bond acceptors (Lipinski definition) is 6. The highest BCUT2D eigenvalue weighted by atomic mass is 32.2. The van der Waals surface area contributed by atoms with Crippen molar-refractivity contribution in [3.8, 4) is 0 Å². The Morgan fingerprint density at radius 1 is 1.38 bits per heavy atom. The first kappa shape index (κ1) is 17.5. The Labute approximate surface area is 123 Å². The first-order chi connectivity index (χ1) is 9.74. The Morgan fingerprint density at radius 3 is 2.62 bits per heavy atom. The molecule has 0 aliphatic rings. The highest BCUT2D eigenvalue weighted by Crippen LogP contribution is 2.21. The maximum absolute atomic E-state index is 12.0. The zero-order valence-electron chi connectivity index (χ0n) is 11.9. The molecule has 0 saturated carbocycles. The molecule has 0 spiro atoms. The molecule has 8 nitrogen and oxygen atoms in total. The highest BCUT2D eigenvalue weighted by molar-refractivity contribution is 7.89. The number of nitro benzene ring substituents is 1. The van der Waals surface area contributed by atoms with Crippen LogP contribution in [0.25, 0.3) is 0 Å². The summed E-state index contributed by atoms with van der Waals surface area (Å²) in [6.07, 6.45) is -0.513. The maximum atomic E-state index is 12.0. The molecule has 0 bridgehead atoms. The first-order valence-corrected chi connectivity index (χ1v) is 7.86. The summed E-state index contributed by atoms with van der Waals surface area (Å²) >= 11 is 0. The van der Waals surface area contributed by atoms with E-state index in [4.69, 9.17) is 5.11 Å². The average Bonchev–Trinajstić information content (AvgIpc) is 2.37. The van der Waals surface area contributed by atoms with Gasteiger partial charge in [-0.25, -0.2) is 13.1 Å². The van der Waals surface area contributed by atoms with Crippen LogP contribution in [0.5, 0.6) is 0 Å². The number of aliphatic hydroxyl groups is 1. The number of aryl methyl sites for hydroxylation is 1. The molecule has 9 heteroatoms. The second-order valence-corrected chi connectivity index (χ2v) is 6.42. The molecule has 0 saturated heterocycles. The lowest BCUT2D eigenvalue weighted by Crippen LogP contribution is -2.34. The normalized spacial score (nSPS) is 13.1. The minimum atomic E-state index is -3.79. The summed E-state index contributed by atoms with van der Waals surface area (Å²) in [6.45, 7) is 3.98. The van der Waals surface area contributed by atoms with Crippen LogP contribution in [0.15, 0.2) is 23.1 Å². The minimum absolute atomic E-state index is 0.122. The monoisotopic (exact) mass is 317 g/mol. The average molecular weight is 317 g/mol. The molecule has 1 atom stereocenters. The molecule has 0 radical (unpaired) electrons. The fourth-order valence-corrected chi connectivity index (χ4v) is 2.67. The van der Waals surface area contributed by atoms with E-state index < -0.39 is 21.1 Å². The summed E-state index contributed by atoms with van der Waals surface area (Å²) in [7, 11) is -3.79. The van der Waals surface area contributed by atoms with Gasteiger partial charge >= 0.3 is 0 Å². The lowest BCUT2D eigenvalue weighted by Gasteiger charge is -2.09. The van der Waals surface area contributed by atoms with Gasteiger partial charge in [0.25, 0.3) is 5.69 Å². The van der Waals surface area contributed by atoms with Crippen LogP contribution >= 0.6 is 0 Å². The van der Waals surface area contributed by atoms with Gasteiger partial charge in [-0.1, -0.05) is 6.07 Å². The largest absolute Gasteiger partial charge is 0.392 e. The third-order valence-corrected chi connectivity index (χ3v) is 4.18. The van der Waals surface area contributed by atoms with Crippen molar-refractivity contribution in [1.82, 2.24) is 10.0 Å².